The SMILES string of the molecule is Cc1nc(C2CC2)c(C=O)c(-c2ccc(F)cc2)c1C. The molecule has 2 aromatic rings. The van der Waals surface area contributed by atoms with Crippen molar-refractivity contribution in [2.45, 2.75) is 32.6 Å². The average Bonchev–Trinajstić information content (AvgIpc) is 3.27. The quantitative estimate of drug-likeness (QED) is 0.782. The van der Waals surface area contributed by atoms with Crippen LogP contribution in [0.25, 0.3) is 11.1 Å². The molecule has 1 aromatic carbocycles. The van der Waals surface area contributed by atoms with Crippen LogP contribution in [-0.2, 0) is 0 Å². The molecule has 1 aliphatic rings. The fourth-order valence-corrected chi connectivity index (χ4v) is 2.61. The first-order valence-electron chi connectivity index (χ1n) is 6.84. The number of benzene rings is 1. The summed E-state index contributed by atoms with van der Waals surface area (Å²) in [5, 5.41) is 0. The Bertz CT molecular complexity index is 672. The summed E-state index contributed by atoms with van der Waals surface area (Å²) in [6.07, 6.45) is 3.09. The van der Waals surface area contributed by atoms with Crippen molar-refractivity contribution in [1.82, 2.24) is 4.98 Å². The smallest absolute Gasteiger partial charge is 0.152 e. The highest BCUT2D eigenvalue weighted by Crippen LogP contribution is 2.43. The van der Waals surface area contributed by atoms with Crippen molar-refractivity contribution in [3.63, 3.8) is 0 Å². The van der Waals surface area contributed by atoms with Crippen LogP contribution < -0.4 is 0 Å². The maximum Gasteiger partial charge on any atom is 0.152 e. The van der Waals surface area contributed by atoms with Gasteiger partial charge in [0, 0.05) is 17.2 Å². The Morgan fingerprint density at radius 3 is 2.40 bits per heavy atom. The zero-order valence-electron chi connectivity index (χ0n) is 11.6. The second-order valence-electron chi connectivity index (χ2n) is 5.40. The summed E-state index contributed by atoms with van der Waals surface area (Å²) in [5.74, 6) is 0.140. The van der Waals surface area contributed by atoms with E-state index in [2.05, 4.69) is 4.98 Å². The molecule has 1 heterocycles. The third-order valence-electron chi connectivity index (χ3n) is 3.97. The molecule has 0 saturated heterocycles. The molecule has 0 radical (unpaired) electrons. The van der Waals surface area contributed by atoms with E-state index in [4.69, 9.17) is 0 Å². The van der Waals surface area contributed by atoms with Crippen LogP contribution in [0.4, 0.5) is 4.39 Å². The predicted octanol–water partition coefficient (Wildman–Crippen LogP) is 4.19. The summed E-state index contributed by atoms with van der Waals surface area (Å²) in [5.41, 5.74) is 5.28. The Labute approximate surface area is 117 Å². The summed E-state index contributed by atoms with van der Waals surface area (Å²) in [4.78, 5) is 16.2. The number of rotatable bonds is 3. The Hall–Kier alpha value is -2.03. The maximum atomic E-state index is 13.1. The van der Waals surface area contributed by atoms with Gasteiger partial charge in [0.25, 0.3) is 0 Å². The van der Waals surface area contributed by atoms with E-state index in [9.17, 15) is 9.18 Å². The molecule has 0 amide bonds. The fraction of sp³-hybridized carbons (Fsp3) is 0.294. The number of halogens is 1. The number of aryl methyl sites for hydroxylation is 1. The molecule has 0 N–H and O–H groups in total. The monoisotopic (exact) mass is 269 g/mol. The van der Waals surface area contributed by atoms with Gasteiger partial charge in [-0.2, -0.15) is 0 Å². The van der Waals surface area contributed by atoms with Crippen molar-refractivity contribution in [3.8, 4) is 11.1 Å². The van der Waals surface area contributed by atoms with E-state index < -0.39 is 0 Å². The lowest BCUT2D eigenvalue weighted by molar-refractivity contribution is 0.112. The highest BCUT2D eigenvalue weighted by atomic mass is 19.1. The van der Waals surface area contributed by atoms with Crippen molar-refractivity contribution in [3.05, 3.63) is 52.6 Å². The van der Waals surface area contributed by atoms with Gasteiger partial charge in [-0.25, -0.2) is 4.39 Å². The second-order valence-corrected chi connectivity index (χ2v) is 5.40. The third kappa shape index (κ3) is 2.13. The van der Waals surface area contributed by atoms with Crippen LogP contribution in [-0.4, -0.2) is 11.3 Å². The van der Waals surface area contributed by atoms with Crippen LogP contribution in [0.5, 0.6) is 0 Å². The van der Waals surface area contributed by atoms with E-state index in [1.807, 2.05) is 13.8 Å². The van der Waals surface area contributed by atoms with Crippen LogP contribution in [0.1, 0.15) is 46.1 Å². The molecule has 0 bridgehead atoms. The van der Waals surface area contributed by atoms with Crippen LogP contribution in [0.3, 0.4) is 0 Å². The third-order valence-corrected chi connectivity index (χ3v) is 3.97. The van der Waals surface area contributed by atoms with Gasteiger partial charge >= 0.3 is 0 Å². The van der Waals surface area contributed by atoms with Crippen molar-refractivity contribution in [2.75, 3.05) is 0 Å². The Morgan fingerprint density at radius 2 is 1.85 bits per heavy atom. The zero-order chi connectivity index (χ0) is 14.3. The van der Waals surface area contributed by atoms with E-state index in [-0.39, 0.29) is 5.82 Å². The molecular weight excluding hydrogens is 253 g/mol. The Balaban J connectivity index is 2.26. The molecule has 0 aliphatic heterocycles. The van der Waals surface area contributed by atoms with E-state index in [0.29, 0.717) is 11.5 Å². The van der Waals surface area contributed by atoms with Crippen molar-refractivity contribution >= 4 is 6.29 Å². The van der Waals surface area contributed by atoms with Gasteiger partial charge in [-0.05, 0) is 55.5 Å². The number of aromatic nitrogens is 1. The summed E-state index contributed by atoms with van der Waals surface area (Å²) >= 11 is 0. The van der Waals surface area contributed by atoms with Gasteiger partial charge in [-0.15, -0.1) is 0 Å². The molecule has 20 heavy (non-hydrogen) atoms. The molecule has 0 spiro atoms. The molecule has 3 rings (SSSR count). The molecule has 3 heteroatoms. The van der Waals surface area contributed by atoms with Gasteiger partial charge in [0.2, 0.25) is 0 Å². The van der Waals surface area contributed by atoms with Gasteiger partial charge in [0.05, 0.1) is 5.69 Å². The summed E-state index contributed by atoms with van der Waals surface area (Å²) in [6.45, 7) is 3.92. The lowest BCUT2D eigenvalue weighted by atomic mass is 9.92. The van der Waals surface area contributed by atoms with Crippen LogP contribution in [0.2, 0.25) is 0 Å². The normalized spacial score (nSPS) is 14.3. The first-order valence-corrected chi connectivity index (χ1v) is 6.84. The van der Waals surface area contributed by atoms with Gasteiger partial charge in [-0.1, -0.05) is 12.1 Å². The molecular formula is C17H16FNO. The lowest BCUT2D eigenvalue weighted by Gasteiger charge is -2.15. The molecule has 0 unspecified atom stereocenters. The van der Waals surface area contributed by atoms with Crippen LogP contribution in [0.15, 0.2) is 24.3 Å². The number of carbonyl (C=O) groups excluding carboxylic acids is 1. The maximum absolute atomic E-state index is 13.1. The Kier molecular flexibility index (Phi) is 3.13. The number of hydrogen-bond donors (Lipinski definition) is 0. The fourth-order valence-electron chi connectivity index (χ4n) is 2.61. The first-order chi connectivity index (χ1) is 9.61. The van der Waals surface area contributed by atoms with Crippen molar-refractivity contribution in [1.29, 1.82) is 0 Å². The van der Waals surface area contributed by atoms with E-state index in [0.717, 1.165) is 47.2 Å². The van der Waals surface area contributed by atoms with Crippen LogP contribution >= 0.6 is 0 Å². The van der Waals surface area contributed by atoms with E-state index in [1.165, 1.54) is 12.1 Å². The molecule has 1 fully saturated rings. The van der Waals surface area contributed by atoms with Gasteiger partial charge < -0.3 is 0 Å². The zero-order valence-corrected chi connectivity index (χ0v) is 11.6. The number of nitrogens with zero attached hydrogens (tertiary/aromatic N) is 1. The number of hydrogen-bond acceptors (Lipinski definition) is 2. The molecule has 102 valence electrons. The number of aldehydes is 1. The van der Waals surface area contributed by atoms with Crippen molar-refractivity contribution in [2.24, 2.45) is 0 Å². The topological polar surface area (TPSA) is 30.0 Å². The minimum atomic E-state index is -0.271. The predicted molar refractivity (Wildman–Crippen MR) is 76.5 cm³/mol. The summed E-state index contributed by atoms with van der Waals surface area (Å²) in [7, 11) is 0. The average molecular weight is 269 g/mol. The van der Waals surface area contributed by atoms with Crippen molar-refractivity contribution < 1.29 is 9.18 Å². The van der Waals surface area contributed by atoms with Gasteiger partial charge in [0.1, 0.15) is 5.82 Å². The van der Waals surface area contributed by atoms with Crippen LogP contribution in [0, 0.1) is 19.7 Å². The second kappa shape index (κ2) is 4.82. The molecule has 1 saturated carbocycles. The lowest BCUT2D eigenvalue weighted by Crippen LogP contribution is -2.04. The summed E-state index contributed by atoms with van der Waals surface area (Å²) < 4.78 is 13.1. The Morgan fingerprint density at radius 1 is 1.20 bits per heavy atom. The van der Waals surface area contributed by atoms with Gasteiger partial charge in [-0.3, -0.25) is 9.78 Å². The molecule has 1 aromatic heterocycles. The number of carbonyl (C=O) groups is 1. The summed E-state index contributed by atoms with van der Waals surface area (Å²) in [6, 6.07) is 6.30. The number of pyridine rings is 1. The molecule has 0 atom stereocenters. The molecule has 2 nitrogen and oxygen atoms in total. The van der Waals surface area contributed by atoms with E-state index >= 15 is 0 Å². The minimum Gasteiger partial charge on any atom is -0.298 e. The standard InChI is InChI=1S/C17H16FNO/c1-10-11(2)19-17(13-3-4-13)15(9-20)16(10)12-5-7-14(18)8-6-12/h5-9,13H,3-4H2,1-2H3. The highest BCUT2D eigenvalue weighted by molar-refractivity contribution is 5.91. The van der Waals surface area contributed by atoms with Gasteiger partial charge in [0.15, 0.2) is 6.29 Å². The minimum absolute atomic E-state index is 0.271. The first kappa shape index (κ1) is 13.0. The largest absolute Gasteiger partial charge is 0.298 e. The van der Waals surface area contributed by atoms with E-state index in [1.54, 1.807) is 12.1 Å². The molecule has 1 aliphatic carbocycles. The highest BCUT2D eigenvalue weighted by Gasteiger charge is 2.30.